The number of aliphatic imine (C=N–C) groups is 1. The Morgan fingerprint density at radius 3 is 2.32 bits per heavy atom. The minimum absolute atomic E-state index is 0.0627. The maximum absolute atomic E-state index is 12.7. The van der Waals surface area contributed by atoms with Gasteiger partial charge in [0.2, 0.25) is 0 Å². The number of carbonyl (C=O) groups excluding carboxylic acids is 1. The summed E-state index contributed by atoms with van der Waals surface area (Å²) in [5.74, 6) is -0.274. The van der Waals surface area contributed by atoms with Gasteiger partial charge >= 0.3 is 0 Å². The molecular weight excluding hydrogens is 261 g/mol. The quantitative estimate of drug-likeness (QED) is 0.619. The van der Waals surface area contributed by atoms with Gasteiger partial charge in [-0.15, -0.1) is 0 Å². The zero-order valence-electron chi connectivity index (χ0n) is 10.3. The van der Waals surface area contributed by atoms with E-state index in [1.54, 1.807) is 18.3 Å². The van der Waals surface area contributed by atoms with Crippen LogP contribution in [-0.4, -0.2) is 11.3 Å². The third-order valence-electron chi connectivity index (χ3n) is 2.33. The lowest BCUT2D eigenvalue weighted by atomic mass is 10.2. The first-order valence-corrected chi connectivity index (χ1v) is 6.53. The predicted octanol–water partition coefficient (Wildman–Crippen LogP) is 4.21. The Balaban J connectivity index is 2.06. The number of hydrogen-bond acceptors (Lipinski definition) is 3. The van der Waals surface area contributed by atoms with E-state index in [2.05, 4.69) is 4.99 Å². The normalized spacial score (nSPS) is 10.8. The molecule has 0 heterocycles. The zero-order valence-corrected chi connectivity index (χ0v) is 11.2. The smallest absolute Gasteiger partial charge is 0.190 e. The molecular formula is C15H12FNOS. The summed E-state index contributed by atoms with van der Waals surface area (Å²) in [4.78, 5) is 16.1. The van der Waals surface area contributed by atoms with E-state index in [9.17, 15) is 9.18 Å². The minimum atomic E-state index is -0.274. The van der Waals surface area contributed by atoms with Gasteiger partial charge in [-0.3, -0.25) is 9.79 Å². The van der Waals surface area contributed by atoms with Gasteiger partial charge in [-0.05, 0) is 42.0 Å². The molecule has 0 fully saturated rings. The van der Waals surface area contributed by atoms with Crippen molar-refractivity contribution < 1.29 is 9.18 Å². The second-order valence-electron chi connectivity index (χ2n) is 3.90. The summed E-state index contributed by atoms with van der Waals surface area (Å²) in [5, 5.41) is 0.0627. The van der Waals surface area contributed by atoms with E-state index in [1.807, 2.05) is 24.3 Å². The summed E-state index contributed by atoms with van der Waals surface area (Å²) in [5.41, 5.74) is 1.63. The summed E-state index contributed by atoms with van der Waals surface area (Å²) in [7, 11) is 0. The monoisotopic (exact) mass is 273 g/mol. The molecule has 96 valence electrons. The summed E-state index contributed by atoms with van der Waals surface area (Å²) in [6.07, 6.45) is 1.70. The number of rotatable bonds is 3. The molecule has 0 unspecified atom stereocenters. The third kappa shape index (κ3) is 4.34. The van der Waals surface area contributed by atoms with Crippen LogP contribution in [0.3, 0.4) is 0 Å². The van der Waals surface area contributed by atoms with Crippen LogP contribution >= 0.6 is 11.8 Å². The second-order valence-corrected chi connectivity index (χ2v) is 5.15. The fourth-order valence-corrected chi connectivity index (χ4v) is 2.07. The SMILES string of the molecule is CC(=O)Sc1ccc(C=Nc2ccc(F)cc2)cc1. The highest BCUT2D eigenvalue weighted by molar-refractivity contribution is 8.13. The van der Waals surface area contributed by atoms with Gasteiger partial charge in [0.15, 0.2) is 5.12 Å². The summed E-state index contributed by atoms with van der Waals surface area (Å²) >= 11 is 1.20. The molecule has 0 saturated heterocycles. The van der Waals surface area contributed by atoms with E-state index < -0.39 is 0 Å². The minimum Gasteiger partial charge on any atom is -0.287 e. The van der Waals surface area contributed by atoms with Gasteiger partial charge in [0.25, 0.3) is 0 Å². The molecule has 0 bridgehead atoms. The second kappa shape index (κ2) is 6.29. The van der Waals surface area contributed by atoms with Crippen molar-refractivity contribution in [3.05, 3.63) is 59.9 Å². The average Bonchev–Trinajstić information content (AvgIpc) is 2.39. The Kier molecular flexibility index (Phi) is 4.47. The molecule has 0 radical (unpaired) electrons. The maximum atomic E-state index is 12.7. The van der Waals surface area contributed by atoms with Crippen LogP contribution in [0.15, 0.2) is 58.4 Å². The van der Waals surface area contributed by atoms with Crippen LogP contribution in [-0.2, 0) is 4.79 Å². The molecule has 2 rings (SSSR count). The Morgan fingerprint density at radius 1 is 1.11 bits per heavy atom. The molecule has 0 N–H and O–H groups in total. The molecule has 4 heteroatoms. The Bertz CT molecular complexity index is 591. The van der Waals surface area contributed by atoms with E-state index >= 15 is 0 Å². The maximum Gasteiger partial charge on any atom is 0.190 e. The van der Waals surface area contributed by atoms with E-state index in [0.29, 0.717) is 5.69 Å². The number of halogens is 1. The molecule has 0 amide bonds. The van der Waals surface area contributed by atoms with Gasteiger partial charge in [0.1, 0.15) is 5.82 Å². The number of thioether (sulfide) groups is 1. The summed E-state index contributed by atoms with van der Waals surface area (Å²) < 4.78 is 12.7. The van der Waals surface area contributed by atoms with Gasteiger partial charge < -0.3 is 0 Å². The first kappa shape index (κ1) is 13.5. The molecule has 0 aliphatic heterocycles. The molecule has 2 nitrogen and oxygen atoms in total. The Morgan fingerprint density at radius 2 is 1.74 bits per heavy atom. The van der Waals surface area contributed by atoms with Crippen molar-refractivity contribution >= 4 is 28.8 Å². The Hall–Kier alpha value is -1.94. The number of carbonyl (C=O) groups is 1. The fourth-order valence-electron chi connectivity index (χ4n) is 1.46. The molecule has 2 aromatic rings. The van der Waals surface area contributed by atoms with E-state index in [1.165, 1.54) is 30.8 Å². The van der Waals surface area contributed by atoms with Crippen LogP contribution in [0.25, 0.3) is 0 Å². The molecule has 0 spiro atoms. The van der Waals surface area contributed by atoms with Gasteiger partial charge in [-0.2, -0.15) is 0 Å². The van der Waals surface area contributed by atoms with E-state index in [-0.39, 0.29) is 10.9 Å². The van der Waals surface area contributed by atoms with Crippen LogP contribution in [0.4, 0.5) is 10.1 Å². The number of hydrogen-bond donors (Lipinski definition) is 0. The third-order valence-corrected chi connectivity index (χ3v) is 3.13. The van der Waals surface area contributed by atoms with Crippen molar-refractivity contribution in [2.24, 2.45) is 4.99 Å². The molecule has 0 saturated carbocycles. The predicted molar refractivity (Wildman–Crippen MR) is 76.6 cm³/mol. The van der Waals surface area contributed by atoms with Crippen molar-refractivity contribution in [2.45, 2.75) is 11.8 Å². The van der Waals surface area contributed by atoms with Crippen molar-refractivity contribution in [2.75, 3.05) is 0 Å². The molecule has 0 aromatic heterocycles. The van der Waals surface area contributed by atoms with Gasteiger partial charge in [-0.25, -0.2) is 4.39 Å². The van der Waals surface area contributed by atoms with E-state index in [0.717, 1.165) is 10.5 Å². The van der Waals surface area contributed by atoms with Crippen LogP contribution in [0, 0.1) is 5.82 Å². The standard InChI is InChI=1S/C15H12FNOS/c1-11(18)19-15-8-2-12(3-9-15)10-17-14-6-4-13(16)5-7-14/h2-10H,1H3. The number of nitrogens with zero attached hydrogens (tertiary/aromatic N) is 1. The first-order valence-electron chi connectivity index (χ1n) is 5.71. The van der Waals surface area contributed by atoms with Crippen molar-refractivity contribution in [1.82, 2.24) is 0 Å². The van der Waals surface area contributed by atoms with Crippen LogP contribution in [0.2, 0.25) is 0 Å². The Labute approximate surface area is 115 Å². The van der Waals surface area contributed by atoms with Gasteiger partial charge in [0, 0.05) is 18.0 Å². The summed E-state index contributed by atoms with van der Waals surface area (Å²) in [6.45, 7) is 1.54. The largest absolute Gasteiger partial charge is 0.287 e. The van der Waals surface area contributed by atoms with Crippen molar-refractivity contribution in [1.29, 1.82) is 0 Å². The van der Waals surface area contributed by atoms with Crippen LogP contribution in [0.1, 0.15) is 12.5 Å². The highest BCUT2D eigenvalue weighted by atomic mass is 32.2. The van der Waals surface area contributed by atoms with Crippen LogP contribution in [0.5, 0.6) is 0 Å². The zero-order chi connectivity index (χ0) is 13.7. The van der Waals surface area contributed by atoms with Gasteiger partial charge in [0.05, 0.1) is 5.69 Å². The van der Waals surface area contributed by atoms with Crippen LogP contribution < -0.4 is 0 Å². The highest BCUT2D eigenvalue weighted by Crippen LogP contribution is 2.19. The van der Waals surface area contributed by atoms with E-state index in [4.69, 9.17) is 0 Å². The lowest BCUT2D eigenvalue weighted by molar-refractivity contribution is -0.109. The fraction of sp³-hybridized carbons (Fsp3) is 0.0667. The average molecular weight is 273 g/mol. The molecule has 0 aliphatic carbocycles. The molecule has 19 heavy (non-hydrogen) atoms. The molecule has 0 atom stereocenters. The van der Waals surface area contributed by atoms with Gasteiger partial charge in [-0.1, -0.05) is 23.9 Å². The highest BCUT2D eigenvalue weighted by Gasteiger charge is 1.97. The van der Waals surface area contributed by atoms with Crippen molar-refractivity contribution in [3.8, 4) is 0 Å². The first-order chi connectivity index (χ1) is 9.13. The van der Waals surface area contributed by atoms with Crippen molar-refractivity contribution in [3.63, 3.8) is 0 Å². The number of benzene rings is 2. The lowest BCUT2D eigenvalue weighted by Crippen LogP contribution is -1.83. The summed E-state index contributed by atoms with van der Waals surface area (Å²) in [6, 6.07) is 13.5. The topological polar surface area (TPSA) is 29.4 Å². The lowest BCUT2D eigenvalue weighted by Gasteiger charge is -1.98. The molecule has 0 aliphatic rings. The molecule has 2 aromatic carbocycles.